The normalized spacial score (nSPS) is 14.3. The van der Waals surface area contributed by atoms with Crippen LogP contribution in [0.4, 0.5) is 8.78 Å². The molecule has 0 aromatic carbocycles. The fourth-order valence-corrected chi connectivity index (χ4v) is 1.37. The minimum atomic E-state index is -2.37. The Balaban J connectivity index is 0.000000492. The summed E-state index contributed by atoms with van der Waals surface area (Å²) in [7, 11) is 0. The minimum Gasteiger partial charge on any atom is -0.473 e. The zero-order valence-electron chi connectivity index (χ0n) is 11.3. The lowest BCUT2D eigenvalue weighted by molar-refractivity contribution is 0.121. The van der Waals surface area contributed by atoms with Crippen molar-refractivity contribution in [2.24, 2.45) is 0 Å². The van der Waals surface area contributed by atoms with Crippen LogP contribution in [0.1, 0.15) is 45.6 Å². The van der Waals surface area contributed by atoms with E-state index in [1.807, 2.05) is 6.92 Å². The molecular formula is C13H22F2N2O. The zero-order chi connectivity index (χ0) is 13.5. The number of aromatic nitrogens is 2. The first kappa shape index (κ1) is 14.9. The minimum absolute atomic E-state index is 0.255. The van der Waals surface area contributed by atoms with Gasteiger partial charge in [-0.05, 0) is 19.3 Å². The molecule has 1 fully saturated rings. The molecule has 1 aliphatic carbocycles. The van der Waals surface area contributed by atoms with Gasteiger partial charge in [0.2, 0.25) is 5.88 Å². The molecule has 0 spiro atoms. The number of alkyl halides is 2. The van der Waals surface area contributed by atoms with Gasteiger partial charge >= 0.3 is 0 Å². The SMILES string of the molecule is CCC.CCc1cn(CC(F)F)nc1OC1CC1. The molecule has 2 rings (SSSR count). The van der Waals surface area contributed by atoms with Gasteiger partial charge in [0.1, 0.15) is 12.6 Å². The van der Waals surface area contributed by atoms with E-state index in [2.05, 4.69) is 18.9 Å². The summed E-state index contributed by atoms with van der Waals surface area (Å²) in [5.74, 6) is 0.528. The lowest BCUT2D eigenvalue weighted by atomic mass is 10.3. The van der Waals surface area contributed by atoms with Crippen molar-refractivity contribution in [1.82, 2.24) is 9.78 Å². The lowest BCUT2D eigenvalue weighted by Crippen LogP contribution is -2.07. The van der Waals surface area contributed by atoms with Crippen LogP contribution in [-0.2, 0) is 13.0 Å². The van der Waals surface area contributed by atoms with Crippen LogP contribution >= 0.6 is 0 Å². The van der Waals surface area contributed by atoms with Gasteiger partial charge in [-0.25, -0.2) is 8.78 Å². The van der Waals surface area contributed by atoms with E-state index in [-0.39, 0.29) is 12.6 Å². The first-order chi connectivity index (χ1) is 8.60. The highest BCUT2D eigenvalue weighted by Gasteiger charge is 2.26. The predicted molar refractivity (Wildman–Crippen MR) is 67.2 cm³/mol. The Morgan fingerprint density at radius 1 is 1.39 bits per heavy atom. The van der Waals surface area contributed by atoms with Gasteiger partial charge < -0.3 is 4.74 Å². The molecule has 0 radical (unpaired) electrons. The smallest absolute Gasteiger partial charge is 0.257 e. The third kappa shape index (κ3) is 5.02. The van der Waals surface area contributed by atoms with Gasteiger partial charge in [0.15, 0.2) is 0 Å². The Morgan fingerprint density at radius 3 is 2.44 bits per heavy atom. The van der Waals surface area contributed by atoms with Gasteiger partial charge in [-0.3, -0.25) is 4.68 Å². The van der Waals surface area contributed by atoms with Crippen LogP contribution < -0.4 is 4.74 Å². The van der Waals surface area contributed by atoms with Crippen molar-refractivity contribution in [2.75, 3.05) is 0 Å². The molecule has 1 aromatic heterocycles. The Kier molecular flexibility index (Phi) is 6.09. The number of rotatable bonds is 5. The van der Waals surface area contributed by atoms with Crippen molar-refractivity contribution in [3.63, 3.8) is 0 Å². The number of hydrogen-bond donors (Lipinski definition) is 0. The second-order valence-corrected chi connectivity index (χ2v) is 4.45. The van der Waals surface area contributed by atoms with Crippen LogP contribution in [-0.4, -0.2) is 22.3 Å². The van der Waals surface area contributed by atoms with Gasteiger partial charge in [-0.2, -0.15) is 0 Å². The highest BCUT2D eigenvalue weighted by atomic mass is 19.3. The quantitative estimate of drug-likeness (QED) is 0.807. The lowest BCUT2D eigenvalue weighted by Gasteiger charge is -2.01. The predicted octanol–water partition coefficient (Wildman–Crippen LogP) is 3.67. The van der Waals surface area contributed by atoms with Gasteiger partial charge in [0.05, 0.1) is 0 Å². The average molecular weight is 260 g/mol. The number of ether oxygens (including phenoxy) is 1. The summed E-state index contributed by atoms with van der Waals surface area (Å²) in [6, 6.07) is 0. The molecule has 104 valence electrons. The monoisotopic (exact) mass is 260 g/mol. The molecule has 1 aromatic rings. The summed E-state index contributed by atoms with van der Waals surface area (Å²) in [5.41, 5.74) is 0.905. The molecule has 1 aliphatic rings. The standard InChI is InChI=1S/C10H14F2N2O.C3H8/c1-2-7-5-14(6-9(11)12)13-10(7)15-8-3-4-8;1-3-2/h5,8-9H,2-4,6H2,1H3;3H2,1-2H3. The van der Waals surface area contributed by atoms with E-state index in [0.717, 1.165) is 24.8 Å². The molecule has 0 aliphatic heterocycles. The van der Waals surface area contributed by atoms with Crippen molar-refractivity contribution in [3.05, 3.63) is 11.8 Å². The highest BCUT2D eigenvalue weighted by molar-refractivity contribution is 5.23. The summed E-state index contributed by atoms with van der Waals surface area (Å²) < 4.78 is 31.1. The molecule has 5 heteroatoms. The fraction of sp³-hybridized carbons (Fsp3) is 0.769. The summed E-state index contributed by atoms with van der Waals surface area (Å²) in [4.78, 5) is 0. The van der Waals surface area contributed by atoms with E-state index in [0.29, 0.717) is 5.88 Å². The van der Waals surface area contributed by atoms with Crippen LogP contribution in [0.2, 0.25) is 0 Å². The molecule has 0 bridgehead atoms. The van der Waals surface area contributed by atoms with Crippen LogP contribution in [0, 0.1) is 0 Å². The van der Waals surface area contributed by atoms with E-state index in [1.165, 1.54) is 11.1 Å². The maximum Gasteiger partial charge on any atom is 0.257 e. The third-order valence-corrected chi connectivity index (χ3v) is 2.31. The molecule has 0 amide bonds. The largest absolute Gasteiger partial charge is 0.473 e. The Hall–Kier alpha value is -1.13. The molecular weight excluding hydrogens is 238 g/mol. The maximum atomic E-state index is 12.1. The third-order valence-electron chi connectivity index (χ3n) is 2.31. The molecule has 0 atom stereocenters. The number of hydrogen-bond acceptors (Lipinski definition) is 2. The van der Waals surface area contributed by atoms with Crippen LogP contribution in [0.15, 0.2) is 6.20 Å². The van der Waals surface area contributed by atoms with Gasteiger partial charge in [-0.15, -0.1) is 5.10 Å². The second-order valence-electron chi connectivity index (χ2n) is 4.45. The number of halogens is 2. The van der Waals surface area contributed by atoms with Gasteiger partial charge in [0, 0.05) is 11.8 Å². The van der Waals surface area contributed by atoms with Crippen LogP contribution in [0.25, 0.3) is 0 Å². The van der Waals surface area contributed by atoms with Gasteiger partial charge in [-0.1, -0.05) is 27.2 Å². The van der Waals surface area contributed by atoms with Crippen molar-refractivity contribution >= 4 is 0 Å². The van der Waals surface area contributed by atoms with Crippen LogP contribution in [0.3, 0.4) is 0 Å². The molecule has 1 heterocycles. The topological polar surface area (TPSA) is 27.1 Å². The molecule has 18 heavy (non-hydrogen) atoms. The molecule has 3 nitrogen and oxygen atoms in total. The second kappa shape index (κ2) is 7.34. The zero-order valence-corrected chi connectivity index (χ0v) is 11.3. The first-order valence-electron chi connectivity index (χ1n) is 6.61. The fourth-order valence-electron chi connectivity index (χ4n) is 1.37. The van der Waals surface area contributed by atoms with Crippen molar-refractivity contribution in [2.45, 2.75) is 65.5 Å². The Labute approximate surface area is 107 Å². The maximum absolute atomic E-state index is 12.1. The van der Waals surface area contributed by atoms with Gasteiger partial charge in [0.25, 0.3) is 6.43 Å². The summed E-state index contributed by atoms with van der Waals surface area (Å²) in [5, 5.41) is 4.02. The summed E-state index contributed by atoms with van der Waals surface area (Å²) in [6.07, 6.45) is 3.62. The molecule has 0 unspecified atom stereocenters. The Morgan fingerprint density at radius 2 is 2.00 bits per heavy atom. The van der Waals surface area contributed by atoms with E-state index in [4.69, 9.17) is 4.74 Å². The van der Waals surface area contributed by atoms with Crippen molar-refractivity contribution in [3.8, 4) is 5.88 Å². The van der Waals surface area contributed by atoms with Crippen molar-refractivity contribution < 1.29 is 13.5 Å². The van der Waals surface area contributed by atoms with Crippen LogP contribution in [0.5, 0.6) is 5.88 Å². The Bertz CT molecular complexity index is 349. The van der Waals surface area contributed by atoms with E-state index < -0.39 is 6.43 Å². The highest BCUT2D eigenvalue weighted by Crippen LogP contribution is 2.28. The van der Waals surface area contributed by atoms with E-state index in [9.17, 15) is 8.78 Å². The summed E-state index contributed by atoms with van der Waals surface area (Å²) >= 11 is 0. The molecule has 1 saturated carbocycles. The number of aryl methyl sites for hydroxylation is 1. The number of nitrogens with zero attached hydrogens (tertiary/aromatic N) is 2. The molecule has 0 N–H and O–H groups in total. The first-order valence-corrected chi connectivity index (χ1v) is 6.61. The van der Waals surface area contributed by atoms with E-state index in [1.54, 1.807) is 6.20 Å². The molecule has 0 saturated heterocycles. The van der Waals surface area contributed by atoms with E-state index >= 15 is 0 Å². The van der Waals surface area contributed by atoms with Crippen molar-refractivity contribution in [1.29, 1.82) is 0 Å². The summed E-state index contributed by atoms with van der Waals surface area (Å²) in [6.45, 7) is 5.85. The average Bonchev–Trinajstić information content (AvgIpc) is 3.01.